The van der Waals surface area contributed by atoms with E-state index in [4.69, 9.17) is 4.74 Å². The van der Waals surface area contributed by atoms with Gasteiger partial charge in [-0.2, -0.15) is 0 Å². The van der Waals surface area contributed by atoms with Crippen molar-refractivity contribution in [3.8, 4) is 0 Å². The molecule has 1 atom stereocenters. The van der Waals surface area contributed by atoms with E-state index in [1.807, 2.05) is 42.2 Å². The van der Waals surface area contributed by atoms with Crippen LogP contribution >= 0.6 is 0 Å². The van der Waals surface area contributed by atoms with Gasteiger partial charge < -0.3 is 24.4 Å². The summed E-state index contributed by atoms with van der Waals surface area (Å²) in [7, 11) is 2.06. The van der Waals surface area contributed by atoms with Gasteiger partial charge in [-0.1, -0.05) is 30.3 Å². The standard InChI is InChI=1S/C27H32N4O3/c1-3-34-18-8-15-28-24(32)14-17-30-23-12-7-4-9-19(23)20-13-16-31-26(25(20)30)29(2)22-11-6-5-10-21(22)27(31)33/h4-7,9-12,26H,3,8,13-18H2,1-2H3,(H,28,32)/t26-/m1/s1. The molecule has 178 valence electrons. The number of nitrogens with one attached hydrogen (secondary N) is 1. The molecule has 0 saturated carbocycles. The number of aryl methyl sites for hydroxylation is 1. The largest absolute Gasteiger partial charge is 0.382 e. The fourth-order valence-corrected chi connectivity index (χ4v) is 5.40. The Morgan fingerprint density at radius 2 is 1.94 bits per heavy atom. The van der Waals surface area contributed by atoms with Gasteiger partial charge in [0.2, 0.25) is 5.91 Å². The summed E-state index contributed by atoms with van der Waals surface area (Å²) < 4.78 is 7.61. The van der Waals surface area contributed by atoms with Crippen molar-refractivity contribution < 1.29 is 14.3 Å². The van der Waals surface area contributed by atoms with Crippen LogP contribution in [0.3, 0.4) is 0 Å². The van der Waals surface area contributed by atoms with E-state index in [-0.39, 0.29) is 18.0 Å². The van der Waals surface area contributed by atoms with Crippen molar-refractivity contribution in [3.63, 3.8) is 0 Å². The first-order valence-corrected chi connectivity index (χ1v) is 12.2. The highest BCUT2D eigenvalue weighted by Crippen LogP contribution is 2.44. The average Bonchev–Trinajstić information content (AvgIpc) is 3.19. The first-order valence-electron chi connectivity index (χ1n) is 12.2. The fraction of sp³-hybridized carbons (Fsp3) is 0.407. The maximum atomic E-state index is 13.4. The van der Waals surface area contributed by atoms with Crippen LogP contribution in [0.15, 0.2) is 48.5 Å². The molecule has 2 amide bonds. The molecular weight excluding hydrogens is 428 g/mol. The molecule has 7 nitrogen and oxygen atoms in total. The normalized spacial score (nSPS) is 16.9. The number of amides is 2. The summed E-state index contributed by atoms with van der Waals surface area (Å²) in [4.78, 5) is 30.2. The Kier molecular flexibility index (Phi) is 6.28. The van der Waals surface area contributed by atoms with Crippen molar-refractivity contribution in [1.29, 1.82) is 0 Å². The summed E-state index contributed by atoms with van der Waals surface area (Å²) in [6.07, 6.45) is 1.82. The summed E-state index contributed by atoms with van der Waals surface area (Å²) in [5, 5.41) is 4.23. The van der Waals surface area contributed by atoms with Gasteiger partial charge in [0.15, 0.2) is 0 Å². The minimum atomic E-state index is -0.187. The SMILES string of the molecule is CCOCCCNC(=O)CCn1c2c(c3ccccc31)CCN1C(=O)c3ccccc3N(C)[C@@H]21. The van der Waals surface area contributed by atoms with Crippen LogP contribution in [0.2, 0.25) is 0 Å². The molecule has 0 spiro atoms. The van der Waals surface area contributed by atoms with Crippen LogP contribution in [0.25, 0.3) is 10.9 Å². The Bertz CT molecular complexity index is 1220. The number of anilines is 1. The zero-order valence-electron chi connectivity index (χ0n) is 19.9. The van der Waals surface area contributed by atoms with E-state index in [1.54, 1.807) is 0 Å². The summed E-state index contributed by atoms with van der Waals surface area (Å²) in [5.74, 6) is 0.113. The number of carbonyl (C=O) groups excluding carboxylic acids is 2. The average molecular weight is 461 g/mol. The molecule has 0 saturated heterocycles. The molecular formula is C27H32N4O3. The second-order valence-corrected chi connectivity index (χ2v) is 8.93. The molecule has 0 radical (unpaired) electrons. The van der Waals surface area contributed by atoms with E-state index in [0.29, 0.717) is 39.3 Å². The van der Waals surface area contributed by atoms with E-state index in [2.05, 4.69) is 40.0 Å². The van der Waals surface area contributed by atoms with Crippen molar-refractivity contribution >= 4 is 28.4 Å². The third-order valence-corrected chi connectivity index (χ3v) is 6.96. The number of nitrogens with zero attached hydrogens (tertiary/aromatic N) is 3. The predicted octanol–water partition coefficient (Wildman–Crippen LogP) is 3.72. The molecule has 2 aliphatic heterocycles. The highest BCUT2D eigenvalue weighted by molar-refractivity contribution is 6.02. The van der Waals surface area contributed by atoms with E-state index in [0.717, 1.165) is 35.3 Å². The van der Waals surface area contributed by atoms with Gasteiger partial charge in [0.25, 0.3) is 5.91 Å². The maximum absolute atomic E-state index is 13.4. The molecule has 34 heavy (non-hydrogen) atoms. The van der Waals surface area contributed by atoms with Crippen LogP contribution in [-0.2, 0) is 22.5 Å². The summed E-state index contributed by atoms with van der Waals surface area (Å²) in [5.41, 5.74) is 5.23. The number of fused-ring (bicyclic) bond motifs is 6. The Labute approximate surface area is 200 Å². The molecule has 1 aromatic heterocycles. The van der Waals surface area contributed by atoms with Crippen LogP contribution in [-0.4, -0.2) is 54.6 Å². The van der Waals surface area contributed by atoms with Crippen molar-refractivity contribution in [2.24, 2.45) is 0 Å². The van der Waals surface area contributed by atoms with E-state index in [9.17, 15) is 9.59 Å². The Hall–Kier alpha value is -3.32. The van der Waals surface area contributed by atoms with Crippen LogP contribution in [0.4, 0.5) is 5.69 Å². The number of hydrogen-bond acceptors (Lipinski definition) is 4. The molecule has 0 bridgehead atoms. The van der Waals surface area contributed by atoms with Crippen LogP contribution in [0.5, 0.6) is 0 Å². The summed E-state index contributed by atoms with van der Waals surface area (Å²) in [6.45, 7) is 5.20. The molecule has 0 fully saturated rings. The molecule has 5 rings (SSSR count). The van der Waals surface area contributed by atoms with E-state index >= 15 is 0 Å². The second-order valence-electron chi connectivity index (χ2n) is 8.93. The number of carbonyl (C=O) groups is 2. The third-order valence-electron chi connectivity index (χ3n) is 6.96. The Balaban J connectivity index is 1.46. The maximum Gasteiger partial charge on any atom is 0.257 e. The fourth-order valence-electron chi connectivity index (χ4n) is 5.40. The minimum Gasteiger partial charge on any atom is -0.382 e. The van der Waals surface area contributed by atoms with Crippen LogP contribution in [0.1, 0.15) is 47.5 Å². The molecule has 3 heterocycles. The zero-order valence-corrected chi connectivity index (χ0v) is 19.9. The van der Waals surface area contributed by atoms with Gasteiger partial charge in [0.1, 0.15) is 6.17 Å². The lowest BCUT2D eigenvalue weighted by molar-refractivity contribution is -0.121. The van der Waals surface area contributed by atoms with E-state index < -0.39 is 0 Å². The monoisotopic (exact) mass is 460 g/mol. The Morgan fingerprint density at radius 1 is 1.15 bits per heavy atom. The lowest BCUT2D eigenvalue weighted by atomic mass is 9.96. The number of benzene rings is 2. The quantitative estimate of drug-likeness (QED) is 0.521. The second kappa shape index (κ2) is 9.50. The molecule has 1 N–H and O–H groups in total. The van der Waals surface area contributed by atoms with Gasteiger partial charge in [-0.05, 0) is 43.5 Å². The van der Waals surface area contributed by atoms with Crippen molar-refractivity contribution in [1.82, 2.24) is 14.8 Å². The molecule has 7 heteroatoms. The smallest absolute Gasteiger partial charge is 0.257 e. The van der Waals surface area contributed by atoms with Gasteiger partial charge in [0.05, 0.1) is 16.9 Å². The summed E-state index contributed by atoms with van der Waals surface area (Å²) in [6, 6.07) is 16.2. The highest BCUT2D eigenvalue weighted by Gasteiger charge is 2.42. The minimum absolute atomic E-state index is 0.0362. The summed E-state index contributed by atoms with van der Waals surface area (Å²) >= 11 is 0. The molecule has 3 aromatic rings. The highest BCUT2D eigenvalue weighted by atomic mass is 16.5. The van der Waals surface area contributed by atoms with Gasteiger partial charge in [-0.3, -0.25) is 9.59 Å². The number of ether oxygens (including phenoxy) is 1. The number of para-hydroxylation sites is 2. The first-order chi connectivity index (χ1) is 16.6. The molecule has 2 aromatic carbocycles. The van der Waals surface area contributed by atoms with Gasteiger partial charge in [0, 0.05) is 57.2 Å². The van der Waals surface area contributed by atoms with Crippen molar-refractivity contribution in [3.05, 3.63) is 65.4 Å². The number of hydrogen-bond donors (Lipinski definition) is 1. The van der Waals surface area contributed by atoms with Gasteiger partial charge in [-0.15, -0.1) is 0 Å². The Morgan fingerprint density at radius 3 is 2.79 bits per heavy atom. The van der Waals surface area contributed by atoms with E-state index in [1.165, 1.54) is 10.9 Å². The predicted molar refractivity (Wildman–Crippen MR) is 133 cm³/mol. The van der Waals surface area contributed by atoms with Crippen LogP contribution < -0.4 is 10.2 Å². The van der Waals surface area contributed by atoms with Gasteiger partial charge in [-0.25, -0.2) is 0 Å². The zero-order chi connectivity index (χ0) is 23.7. The lowest BCUT2D eigenvalue weighted by Crippen LogP contribution is -2.51. The van der Waals surface area contributed by atoms with Gasteiger partial charge >= 0.3 is 0 Å². The van der Waals surface area contributed by atoms with Crippen molar-refractivity contribution in [2.75, 3.05) is 38.3 Å². The number of aromatic nitrogens is 1. The molecule has 2 aliphatic rings. The van der Waals surface area contributed by atoms with Crippen LogP contribution in [0, 0.1) is 0 Å². The third kappa shape index (κ3) is 3.84. The lowest BCUT2D eigenvalue weighted by Gasteiger charge is -2.46. The first kappa shape index (κ1) is 22.5. The topological polar surface area (TPSA) is 66.8 Å². The number of rotatable bonds is 8. The molecule has 0 aliphatic carbocycles. The van der Waals surface area contributed by atoms with Crippen molar-refractivity contribution in [2.45, 2.75) is 38.9 Å². The molecule has 0 unspecified atom stereocenters.